The van der Waals surface area contributed by atoms with Crippen molar-refractivity contribution in [3.8, 4) is 16.9 Å². The van der Waals surface area contributed by atoms with E-state index in [9.17, 15) is 0 Å². The number of benzene rings is 1. The van der Waals surface area contributed by atoms with Gasteiger partial charge in [0.25, 0.3) is 0 Å². The minimum absolute atomic E-state index is 0.258. The third-order valence-electron chi connectivity index (χ3n) is 1.93. The van der Waals surface area contributed by atoms with Crippen LogP contribution >= 0.6 is 11.6 Å². The average Bonchev–Trinajstić information content (AvgIpc) is 2.19. The standard InChI is InChI=1S/C11H8ClNO/c12-11-7-9(5-6-13-11)8-1-3-10(14)4-2-8/h1-7,14H. The molecule has 0 saturated carbocycles. The molecule has 0 aliphatic carbocycles. The van der Waals surface area contributed by atoms with Crippen molar-refractivity contribution in [3.05, 3.63) is 47.7 Å². The van der Waals surface area contributed by atoms with Gasteiger partial charge in [0.05, 0.1) is 0 Å². The SMILES string of the molecule is Oc1ccc(-c2ccnc(Cl)c2)cc1. The molecule has 0 aliphatic rings. The fourth-order valence-electron chi connectivity index (χ4n) is 1.24. The fraction of sp³-hybridized carbons (Fsp3) is 0. The van der Waals surface area contributed by atoms with E-state index in [0.29, 0.717) is 5.15 Å². The summed E-state index contributed by atoms with van der Waals surface area (Å²) in [6.07, 6.45) is 1.66. The largest absolute Gasteiger partial charge is 0.508 e. The van der Waals surface area contributed by atoms with Crippen LogP contribution in [0.2, 0.25) is 5.15 Å². The van der Waals surface area contributed by atoms with Gasteiger partial charge in [-0.05, 0) is 35.4 Å². The zero-order chi connectivity index (χ0) is 9.97. The smallest absolute Gasteiger partial charge is 0.129 e. The Labute approximate surface area is 86.8 Å². The Morgan fingerprint density at radius 2 is 1.71 bits per heavy atom. The van der Waals surface area contributed by atoms with E-state index in [4.69, 9.17) is 16.7 Å². The first-order valence-electron chi connectivity index (χ1n) is 4.17. The lowest BCUT2D eigenvalue weighted by Crippen LogP contribution is -1.79. The molecule has 1 aromatic carbocycles. The summed E-state index contributed by atoms with van der Waals surface area (Å²) < 4.78 is 0. The number of hydrogen-bond acceptors (Lipinski definition) is 2. The Kier molecular flexibility index (Phi) is 2.37. The van der Waals surface area contributed by atoms with Crippen LogP contribution in [0.5, 0.6) is 5.75 Å². The predicted octanol–water partition coefficient (Wildman–Crippen LogP) is 3.11. The molecule has 1 heterocycles. The van der Waals surface area contributed by atoms with Crippen molar-refractivity contribution in [2.45, 2.75) is 0 Å². The minimum atomic E-state index is 0.258. The van der Waals surface area contributed by atoms with Gasteiger partial charge in [0.15, 0.2) is 0 Å². The second-order valence-electron chi connectivity index (χ2n) is 2.91. The number of halogens is 1. The van der Waals surface area contributed by atoms with E-state index < -0.39 is 0 Å². The molecule has 0 amide bonds. The van der Waals surface area contributed by atoms with Crippen LogP contribution in [-0.4, -0.2) is 10.1 Å². The topological polar surface area (TPSA) is 33.1 Å². The summed E-state index contributed by atoms with van der Waals surface area (Å²) >= 11 is 5.77. The van der Waals surface area contributed by atoms with Gasteiger partial charge < -0.3 is 5.11 Å². The lowest BCUT2D eigenvalue weighted by atomic mass is 10.1. The molecule has 0 aliphatic heterocycles. The first-order valence-corrected chi connectivity index (χ1v) is 4.54. The second kappa shape index (κ2) is 3.68. The molecule has 0 radical (unpaired) electrons. The molecule has 14 heavy (non-hydrogen) atoms. The molecule has 2 nitrogen and oxygen atoms in total. The Bertz CT molecular complexity index is 439. The van der Waals surface area contributed by atoms with E-state index in [1.165, 1.54) is 0 Å². The molecule has 3 heteroatoms. The molecule has 0 atom stereocenters. The van der Waals surface area contributed by atoms with Gasteiger partial charge in [0.1, 0.15) is 10.9 Å². The molecule has 0 spiro atoms. The quantitative estimate of drug-likeness (QED) is 0.726. The third-order valence-corrected chi connectivity index (χ3v) is 2.13. The minimum Gasteiger partial charge on any atom is -0.508 e. The third kappa shape index (κ3) is 1.86. The summed E-state index contributed by atoms with van der Waals surface area (Å²) in [6.45, 7) is 0. The number of nitrogens with zero attached hydrogens (tertiary/aromatic N) is 1. The van der Waals surface area contributed by atoms with Gasteiger partial charge in [-0.3, -0.25) is 0 Å². The van der Waals surface area contributed by atoms with E-state index in [1.54, 1.807) is 24.4 Å². The highest BCUT2D eigenvalue weighted by atomic mass is 35.5. The summed E-state index contributed by atoms with van der Waals surface area (Å²) in [7, 11) is 0. The molecule has 0 bridgehead atoms. The van der Waals surface area contributed by atoms with Crippen molar-refractivity contribution in [2.75, 3.05) is 0 Å². The van der Waals surface area contributed by atoms with E-state index in [1.807, 2.05) is 18.2 Å². The lowest BCUT2D eigenvalue weighted by Gasteiger charge is -2.01. The summed E-state index contributed by atoms with van der Waals surface area (Å²) in [5.74, 6) is 0.258. The van der Waals surface area contributed by atoms with Gasteiger partial charge in [-0.2, -0.15) is 0 Å². The molecule has 2 aromatic rings. The first kappa shape index (κ1) is 9.03. The van der Waals surface area contributed by atoms with Crippen molar-refractivity contribution < 1.29 is 5.11 Å². The Morgan fingerprint density at radius 3 is 2.36 bits per heavy atom. The Hall–Kier alpha value is -1.54. The zero-order valence-corrected chi connectivity index (χ0v) is 8.07. The molecular weight excluding hydrogens is 198 g/mol. The predicted molar refractivity (Wildman–Crippen MR) is 56.3 cm³/mol. The van der Waals surface area contributed by atoms with Crippen LogP contribution < -0.4 is 0 Å². The normalized spacial score (nSPS) is 10.1. The van der Waals surface area contributed by atoms with E-state index >= 15 is 0 Å². The highest BCUT2D eigenvalue weighted by Gasteiger charge is 1.98. The zero-order valence-electron chi connectivity index (χ0n) is 7.31. The number of hydrogen-bond donors (Lipinski definition) is 1. The van der Waals surface area contributed by atoms with Crippen LogP contribution in [-0.2, 0) is 0 Å². The van der Waals surface area contributed by atoms with Gasteiger partial charge in [-0.15, -0.1) is 0 Å². The van der Waals surface area contributed by atoms with Gasteiger partial charge in [0, 0.05) is 6.20 Å². The maximum Gasteiger partial charge on any atom is 0.129 e. The molecular formula is C11H8ClNO. The number of rotatable bonds is 1. The average molecular weight is 206 g/mol. The van der Waals surface area contributed by atoms with Crippen LogP contribution in [0, 0.1) is 0 Å². The number of aromatic hydroxyl groups is 1. The summed E-state index contributed by atoms with van der Waals surface area (Å²) in [5, 5.41) is 9.59. The van der Waals surface area contributed by atoms with Crippen molar-refractivity contribution in [1.29, 1.82) is 0 Å². The highest BCUT2D eigenvalue weighted by molar-refractivity contribution is 6.29. The molecule has 0 unspecified atom stereocenters. The molecule has 0 fully saturated rings. The van der Waals surface area contributed by atoms with Gasteiger partial charge in [-0.25, -0.2) is 4.98 Å². The summed E-state index contributed by atoms with van der Waals surface area (Å²) in [6, 6.07) is 10.6. The lowest BCUT2D eigenvalue weighted by molar-refractivity contribution is 0.475. The highest BCUT2D eigenvalue weighted by Crippen LogP contribution is 2.22. The van der Waals surface area contributed by atoms with Crippen LogP contribution in [0.15, 0.2) is 42.6 Å². The van der Waals surface area contributed by atoms with Crippen molar-refractivity contribution >= 4 is 11.6 Å². The molecule has 70 valence electrons. The number of aromatic nitrogens is 1. The fourth-order valence-corrected chi connectivity index (χ4v) is 1.41. The van der Waals surface area contributed by atoms with Crippen molar-refractivity contribution in [2.24, 2.45) is 0 Å². The van der Waals surface area contributed by atoms with Crippen molar-refractivity contribution in [1.82, 2.24) is 4.98 Å². The van der Waals surface area contributed by atoms with Gasteiger partial charge in [0.2, 0.25) is 0 Å². The maximum absolute atomic E-state index is 9.12. The molecule has 0 saturated heterocycles. The van der Waals surface area contributed by atoms with E-state index in [-0.39, 0.29) is 5.75 Å². The van der Waals surface area contributed by atoms with Gasteiger partial charge >= 0.3 is 0 Å². The maximum atomic E-state index is 9.12. The van der Waals surface area contributed by atoms with E-state index in [2.05, 4.69) is 4.98 Å². The van der Waals surface area contributed by atoms with E-state index in [0.717, 1.165) is 11.1 Å². The number of pyridine rings is 1. The first-order chi connectivity index (χ1) is 6.75. The van der Waals surface area contributed by atoms with Crippen LogP contribution in [0.1, 0.15) is 0 Å². The van der Waals surface area contributed by atoms with Crippen LogP contribution in [0.4, 0.5) is 0 Å². The molecule has 1 N–H and O–H groups in total. The summed E-state index contributed by atoms with van der Waals surface area (Å²) in [4.78, 5) is 3.90. The monoisotopic (exact) mass is 205 g/mol. The van der Waals surface area contributed by atoms with Crippen molar-refractivity contribution in [3.63, 3.8) is 0 Å². The van der Waals surface area contributed by atoms with Crippen LogP contribution in [0.25, 0.3) is 11.1 Å². The van der Waals surface area contributed by atoms with Gasteiger partial charge in [-0.1, -0.05) is 23.7 Å². The molecule has 2 rings (SSSR count). The van der Waals surface area contributed by atoms with Crippen LogP contribution in [0.3, 0.4) is 0 Å². The number of phenolic OH excluding ortho intramolecular Hbond substituents is 1. The Morgan fingerprint density at radius 1 is 1.00 bits per heavy atom. The Balaban J connectivity index is 2.44. The second-order valence-corrected chi connectivity index (χ2v) is 3.30. The number of phenols is 1. The summed E-state index contributed by atoms with van der Waals surface area (Å²) in [5.41, 5.74) is 2.00. The molecule has 1 aromatic heterocycles.